The highest BCUT2D eigenvalue weighted by atomic mass is 15.1. The van der Waals surface area contributed by atoms with Crippen LogP contribution < -0.4 is 5.73 Å². The van der Waals surface area contributed by atoms with E-state index >= 15 is 0 Å². The van der Waals surface area contributed by atoms with E-state index in [1.165, 1.54) is 25.1 Å². The monoisotopic (exact) mass is 244 g/mol. The maximum Gasteiger partial charge on any atom is 0.137 e. The molecule has 1 atom stereocenters. The highest BCUT2D eigenvalue weighted by Crippen LogP contribution is 2.26. The van der Waals surface area contributed by atoms with Crippen LogP contribution in [0.15, 0.2) is 24.5 Å². The van der Waals surface area contributed by atoms with Gasteiger partial charge >= 0.3 is 0 Å². The summed E-state index contributed by atoms with van der Waals surface area (Å²) >= 11 is 0. The maximum atomic E-state index is 5.80. The van der Waals surface area contributed by atoms with Crippen LogP contribution in [0.2, 0.25) is 0 Å². The molecule has 2 aromatic rings. The summed E-state index contributed by atoms with van der Waals surface area (Å²) in [7, 11) is 0. The lowest BCUT2D eigenvalue weighted by Crippen LogP contribution is -2.34. The largest absolute Gasteiger partial charge is 0.398 e. The smallest absolute Gasteiger partial charge is 0.137 e. The SMILES string of the molecule is CCN1CCCC(c2cn3cc(N)ccc3n2)C1. The van der Waals surface area contributed by atoms with Crippen molar-refractivity contribution in [3.8, 4) is 0 Å². The first-order valence-electron chi connectivity index (χ1n) is 6.72. The minimum atomic E-state index is 0.569. The molecule has 2 N–H and O–H groups in total. The highest BCUT2D eigenvalue weighted by molar-refractivity contribution is 5.48. The van der Waals surface area contributed by atoms with Gasteiger partial charge in [-0.3, -0.25) is 0 Å². The van der Waals surface area contributed by atoms with Gasteiger partial charge in [0.25, 0.3) is 0 Å². The Hall–Kier alpha value is -1.55. The van der Waals surface area contributed by atoms with Gasteiger partial charge in [-0.2, -0.15) is 0 Å². The number of rotatable bonds is 2. The summed E-state index contributed by atoms with van der Waals surface area (Å²) in [6.45, 7) is 5.73. The van der Waals surface area contributed by atoms with Gasteiger partial charge in [-0.15, -0.1) is 0 Å². The van der Waals surface area contributed by atoms with Crippen LogP contribution in [0.25, 0.3) is 5.65 Å². The van der Waals surface area contributed by atoms with Crippen molar-refractivity contribution < 1.29 is 0 Å². The normalized spacial score (nSPS) is 21.5. The van der Waals surface area contributed by atoms with Crippen molar-refractivity contribution in [3.63, 3.8) is 0 Å². The Labute approximate surface area is 107 Å². The van der Waals surface area contributed by atoms with Crippen LogP contribution in [-0.2, 0) is 0 Å². The molecular formula is C14H20N4. The van der Waals surface area contributed by atoms with E-state index in [9.17, 15) is 0 Å². The number of nitrogens with two attached hydrogens (primary N) is 1. The Morgan fingerprint density at radius 2 is 2.28 bits per heavy atom. The molecule has 0 radical (unpaired) electrons. The minimum absolute atomic E-state index is 0.569. The number of likely N-dealkylation sites (tertiary alicyclic amines) is 1. The van der Waals surface area contributed by atoms with Gasteiger partial charge in [0.2, 0.25) is 0 Å². The molecule has 0 spiro atoms. The maximum absolute atomic E-state index is 5.80. The van der Waals surface area contributed by atoms with E-state index in [2.05, 4.69) is 18.0 Å². The van der Waals surface area contributed by atoms with Gasteiger partial charge in [-0.05, 0) is 38.1 Å². The highest BCUT2D eigenvalue weighted by Gasteiger charge is 2.22. The van der Waals surface area contributed by atoms with Gasteiger partial charge < -0.3 is 15.0 Å². The van der Waals surface area contributed by atoms with Crippen molar-refractivity contribution in [2.45, 2.75) is 25.7 Å². The lowest BCUT2D eigenvalue weighted by molar-refractivity contribution is 0.216. The van der Waals surface area contributed by atoms with E-state index in [0.717, 1.165) is 24.4 Å². The molecule has 0 saturated carbocycles. The molecule has 1 aliphatic heterocycles. The number of likely N-dealkylation sites (N-methyl/N-ethyl adjacent to an activating group) is 1. The zero-order valence-corrected chi connectivity index (χ0v) is 10.8. The second-order valence-electron chi connectivity index (χ2n) is 5.13. The molecular weight excluding hydrogens is 224 g/mol. The third-order valence-corrected chi connectivity index (χ3v) is 3.86. The summed E-state index contributed by atoms with van der Waals surface area (Å²) in [5.41, 5.74) is 8.78. The predicted molar refractivity (Wildman–Crippen MR) is 73.7 cm³/mol. The minimum Gasteiger partial charge on any atom is -0.398 e. The first-order chi connectivity index (χ1) is 8.76. The quantitative estimate of drug-likeness (QED) is 0.880. The Kier molecular flexibility index (Phi) is 2.96. The van der Waals surface area contributed by atoms with Gasteiger partial charge in [-0.25, -0.2) is 4.98 Å². The Morgan fingerprint density at radius 1 is 1.39 bits per heavy atom. The summed E-state index contributed by atoms with van der Waals surface area (Å²) in [6.07, 6.45) is 6.59. The number of piperidine rings is 1. The average Bonchev–Trinajstić information content (AvgIpc) is 2.81. The predicted octanol–water partition coefficient (Wildman–Crippen LogP) is 2.12. The molecule has 4 heteroatoms. The molecule has 1 unspecified atom stereocenters. The Bertz CT molecular complexity index is 546. The number of hydrogen-bond acceptors (Lipinski definition) is 3. The number of aromatic nitrogens is 2. The molecule has 1 aliphatic rings. The van der Waals surface area contributed by atoms with E-state index in [4.69, 9.17) is 10.7 Å². The Morgan fingerprint density at radius 3 is 3.11 bits per heavy atom. The second-order valence-corrected chi connectivity index (χ2v) is 5.13. The van der Waals surface area contributed by atoms with Gasteiger partial charge in [-0.1, -0.05) is 6.92 Å². The summed E-state index contributed by atoms with van der Waals surface area (Å²) in [4.78, 5) is 7.23. The number of anilines is 1. The lowest BCUT2D eigenvalue weighted by Gasteiger charge is -2.30. The fraction of sp³-hybridized carbons (Fsp3) is 0.500. The zero-order valence-electron chi connectivity index (χ0n) is 10.8. The molecule has 0 aromatic carbocycles. The summed E-state index contributed by atoms with van der Waals surface area (Å²) in [5.74, 6) is 0.569. The second kappa shape index (κ2) is 4.61. The average molecular weight is 244 g/mol. The van der Waals surface area contributed by atoms with Crippen molar-refractivity contribution >= 4 is 11.3 Å². The van der Waals surface area contributed by atoms with E-state index in [0.29, 0.717) is 5.92 Å². The van der Waals surface area contributed by atoms with Crippen LogP contribution in [0.1, 0.15) is 31.4 Å². The molecule has 3 rings (SSSR count). The summed E-state index contributed by atoms with van der Waals surface area (Å²) < 4.78 is 2.04. The van der Waals surface area contributed by atoms with E-state index in [-0.39, 0.29) is 0 Å². The molecule has 18 heavy (non-hydrogen) atoms. The molecule has 1 fully saturated rings. The van der Waals surface area contributed by atoms with Crippen LogP contribution in [0.4, 0.5) is 5.69 Å². The van der Waals surface area contributed by atoms with Crippen molar-refractivity contribution in [2.24, 2.45) is 0 Å². The Balaban J connectivity index is 1.89. The number of nitrogen functional groups attached to an aromatic ring is 1. The standard InChI is InChI=1S/C14H20N4/c1-2-17-7-3-4-11(8-17)13-10-18-9-12(15)5-6-14(18)16-13/h5-6,9-11H,2-4,7-8,15H2,1H3. The van der Waals surface area contributed by atoms with Crippen molar-refractivity contribution in [2.75, 3.05) is 25.4 Å². The van der Waals surface area contributed by atoms with Gasteiger partial charge in [0, 0.05) is 30.5 Å². The van der Waals surface area contributed by atoms with Gasteiger partial charge in [0.1, 0.15) is 5.65 Å². The van der Waals surface area contributed by atoms with Gasteiger partial charge in [0.15, 0.2) is 0 Å². The van der Waals surface area contributed by atoms with Crippen LogP contribution in [-0.4, -0.2) is 33.9 Å². The van der Waals surface area contributed by atoms with Crippen molar-refractivity contribution in [1.29, 1.82) is 0 Å². The summed E-state index contributed by atoms with van der Waals surface area (Å²) in [5, 5.41) is 0. The molecule has 2 aromatic heterocycles. The van der Waals surface area contributed by atoms with E-state index in [1.54, 1.807) is 0 Å². The first-order valence-corrected chi connectivity index (χ1v) is 6.72. The molecule has 0 amide bonds. The van der Waals surface area contributed by atoms with E-state index in [1.807, 2.05) is 22.7 Å². The van der Waals surface area contributed by atoms with E-state index < -0.39 is 0 Å². The molecule has 0 bridgehead atoms. The number of imidazole rings is 1. The topological polar surface area (TPSA) is 46.6 Å². The first kappa shape index (κ1) is 11.5. The fourth-order valence-corrected chi connectivity index (χ4v) is 2.81. The van der Waals surface area contributed by atoms with Gasteiger partial charge in [0.05, 0.1) is 5.69 Å². The van der Waals surface area contributed by atoms with Crippen LogP contribution in [0.3, 0.4) is 0 Å². The third-order valence-electron chi connectivity index (χ3n) is 3.86. The summed E-state index contributed by atoms with van der Waals surface area (Å²) in [6, 6.07) is 3.89. The molecule has 0 aliphatic carbocycles. The number of pyridine rings is 1. The van der Waals surface area contributed by atoms with Crippen LogP contribution in [0.5, 0.6) is 0 Å². The number of nitrogens with zero attached hydrogens (tertiary/aromatic N) is 3. The zero-order chi connectivity index (χ0) is 12.5. The molecule has 3 heterocycles. The molecule has 96 valence electrons. The number of fused-ring (bicyclic) bond motifs is 1. The number of hydrogen-bond donors (Lipinski definition) is 1. The molecule has 1 saturated heterocycles. The fourth-order valence-electron chi connectivity index (χ4n) is 2.81. The lowest BCUT2D eigenvalue weighted by atomic mass is 9.95. The molecule has 4 nitrogen and oxygen atoms in total. The van der Waals surface area contributed by atoms with Crippen LogP contribution >= 0.6 is 0 Å². The van der Waals surface area contributed by atoms with Crippen molar-refractivity contribution in [1.82, 2.24) is 14.3 Å². The van der Waals surface area contributed by atoms with Crippen LogP contribution in [0, 0.1) is 0 Å². The van der Waals surface area contributed by atoms with Crippen molar-refractivity contribution in [3.05, 3.63) is 30.2 Å². The third kappa shape index (κ3) is 2.08.